The minimum absolute atomic E-state index is 0.641. The van der Waals surface area contributed by atoms with Crippen molar-refractivity contribution in [3.05, 3.63) is 32.1 Å². The Hall–Kier alpha value is 0.0900. The Labute approximate surface area is 109 Å². The maximum atomic E-state index is 6.02. The molecule has 72 valence electrons. The highest BCUT2D eigenvalue weighted by atomic mass is 127. The highest BCUT2D eigenvalue weighted by molar-refractivity contribution is 14.1. The van der Waals surface area contributed by atoms with Crippen LogP contribution in [-0.4, -0.2) is 9.36 Å². The molecule has 0 atom stereocenters. The number of hydrogen-bond acceptors (Lipinski definition) is 3. The van der Waals surface area contributed by atoms with E-state index >= 15 is 0 Å². The summed E-state index contributed by atoms with van der Waals surface area (Å²) in [6.07, 6.45) is 0. The molecule has 6 heteroatoms. The molecule has 0 bridgehead atoms. The Kier molecular flexibility index (Phi) is 3.26. The van der Waals surface area contributed by atoms with Crippen LogP contribution in [0, 0.1) is 3.83 Å². The first kappa shape index (κ1) is 10.6. The summed E-state index contributed by atoms with van der Waals surface area (Å²) >= 11 is 15.3. The van der Waals surface area contributed by atoms with Crippen molar-refractivity contribution in [2.24, 2.45) is 0 Å². The van der Waals surface area contributed by atoms with Crippen LogP contribution in [0.25, 0.3) is 10.6 Å². The number of hydrogen-bond donors (Lipinski definition) is 0. The van der Waals surface area contributed by atoms with Gasteiger partial charge in [0.25, 0.3) is 0 Å². The molecule has 0 aliphatic rings. The standard InChI is InChI=1S/C8H3Cl2IN2S/c9-4-1-2-6(10)5(3-4)7-12-8(11)13-14-7/h1-3H. The van der Waals surface area contributed by atoms with Crippen molar-refractivity contribution in [3.63, 3.8) is 0 Å². The Morgan fingerprint density at radius 2 is 2.07 bits per heavy atom. The molecule has 1 aromatic carbocycles. The number of aromatic nitrogens is 2. The van der Waals surface area contributed by atoms with Crippen molar-refractivity contribution >= 4 is 57.3 Å². The molecule has 2 nitrogen and oxygen atoms in total. The zero-order chi connectivity index (χ0) is 10.1. The maximum Gasteiger partial charge on any atom is 0.203 e. The van der Waals surface area contributed by atoms with E-state index in [2.05, 4.69) is 31.9 Å². The van der Waals surface area contributed by atoms with Crippen LogP contribution in [-0.2, 0) is 0 Å². The van der Waals surface area contributed by atoms with Crippen molar-refractivity contribution in [2.45, 2.75) is 0 Å². The molecule has 0 amide bonds. The fraction of sp³-hybridized carbons (Fsp3) is 0. The predicted octanol–water partition coefficient (Wildman–Crippen LogP) is 4.12. The first-order valence-corrected chi connectivity index (χ1v) is 6.22. The van der Waals surface area contributed by atoms with Crippen LogP contribution in [0.5, 0.6) is 0 Å². The van der Waals surface area contributed by atoms with Crippen LogP contribution in [0.2, 0.25) is 10.0 Å². The third kappa shape index (κ3) is 2.18. The molecule has 0 radical (unpaired) electrons. The lowest BCUT2D eigenvalue weighted by molar-refractivity contribution is 1.25. The molecular weight excluding hydrogens is 354 g/mol. The van der Waals surface area contributed by atoms with Gasteiger partial charge in [0.2, 0.25) is 3.83 Å². The summed E-state index contributed by atoms with van der Waals surface area (Å²) in [7, 11) is 0. The van der Waals surface area contributed by atoms with E-state index in [4.69, 9.17) is 23.2 Å². The second kappa shape index (κ2) is 4.30. The van der Waals surface area contributed by atoms with Gasteiger partial charge in [0, 0.05) is 33.2 Å². The molecule has 0 aliphatic heterocycles. The molecule has 1 aromatic heterocycles. The van der Waals surface area contributed by atoms with E-state index in [9.17, 15) is 0 Å². The zero-order valence-corrected chi connectivity index (χ0v) is 11.2. The van der Waals surface area contributed by atoms with Gasteiger partial charge >= 0.3 is 0 Å². The quantitative estimate of drug-likeness (QED) is 0.718. The second-order valence-electron chi connectivity index (χ2n) is 2.49. The summed E-state index contributed by atoms with van der Waals surface area (Å²) in [4.78, 5) is 4.23. The van der Waals surface area contributed by atoms with E-state index < -0.39 is 0 Å². The van der Waals surface area contributed by atoms with Crippen LogP contribution >= 0.6 is 57.3 Å². The van der Waals surface area contributed by atoms with E-state index in [1.807, 2.05) is 0 Å². The molecular formula is C8H3Cl2IN2S. The molecule has 1 heterocycles. The highest BCUT2D eigenvalue weighted by Gasteiger charge is 2.09. The topological polar surface area (TPSA) is 25.8 Å². The molecule has 14 heavy (non-hydrogen) atoms. The first-order valence-electron chi connectivity index (χ1n) is 3.61. The fourth-order valence-electron chi connectivity index (χ4n) is 0.976. The Morgan fingerprint density at radius 1 is 1.29 bits per heavy atom. The summed E-state index contributed by atoms with van der Waals surface area (Å²) in [5.41, 5.74) is 0.833. The van der Waals surface area contributed by atoms with E-state index in [1.165, 1.54) is 11.5 Å². The molecule has 0 saturated carbocycles. The van der Waals surface area contributed by atoms with Crippen LogP contribution in [0.15, 0.2) is 18.2 Å². The van der Waals surface area contributed by atoms with E-state index in [1.54, 1.807) is 18.2 Å². The number of rotatable bonds is 1. The van der Waals surface area contributed by atoms with Gasteiger partial charge in [-0.25, -0.2) is 4.98 Å². The van der Waals surface area contributed by atoms with Gasteiger partial charge in [-0.3, -0.25) is 0 Å². The van der Waals surface area contributed by atoms with Crippen molar-refractivity contribution in [1.82, 2.24) is 9.36 Å². The van der Waals surface area contributed by atoms with Crippen molar-refractivity contribution in [3.8, 4) is 10.6 Å². The average molecular weight is 357 g/mol. The third-order valence-corrected chi connectivity index (χ3v) is 3.68. The minimum atomic E-state index is 0.641. The van der Waals surface area contributed by atoms with Crippen LogP contribution < -0.4 is 0 Å². The SMILES string of the molecule is Clc1ccc(Cl)c(-c2nc(I)ns2)c1. The van der Waals surface area contributed by atoms with Crippen molar-refractivity contribution in [1.29, 1.82) is 0 Å². The normalized spacial score (nSPS) is 10.5. The van der Waals surface area contributed by atoms with Crippen molar-refractivity contribution in [2.75, 3.05) is 0 Å². The lowest BCUT2D eigenvalue weighted by Gasteiger charge is -1.99. The van der Waals surface area contributed by atoms with Gasteiger partial charge in [0.1, 0.15) is 5.01 Å². The second-order valence-corrected chi connectivity index (χ2v) is 5.05. The Bertz CT molecular complexity index is 472. The predicted molar refractivity (Wildman–Crippen MR) is 68.1 cm³/mol. The van der Waals surface area contributed by atoms with E-state index in [0.717, 1.165) is 14.4 Å². The highest BCUT2D eigenvalue weighted by Crippen LogP contribution is 2.31. The van der Waals surface area contributed by atoms with Crippen LogP contribution in [0.3, 0.4) is 0 Å². The van der Waals surface area contributed by atoms with Gasteiger partial charge < -0.3 is 0 Å². The first-order chi connectivity index (χ1) is 6.66. The van der Waals surface area contributed by atoms with Gasteiger partial charge in [-0.2, -0.15) is 4.37 Å². The van der Waals surface area contributed by atoms with Crippen molar-refractivity contribution < 1.29 is 0 Å². The number of nitrogens with zero attached hydrogens (tertiary/aromatic N) is 2. The Morgan fingerprint density at radius 3 is 2.71 bits per heavy atom. The summed E-state index contributed by atoms with van der Waals surface area (Å²) in [5, 5.41) is 2.08. The molecule has 0 spiro atoms. The molecule has 0 unspecified atom stereocenters. The van der Waals surface area contributed by atoms with Gasteiger partial charge in [-0.1, -0.05) is 23.2 Å². The zero-order valence-electron chi connectivity index (χ0n) is 6.67. The fourth-order valence-corrected chi connectivity index (χ4v) is 2.71. The van der Waals surface area contributed by atoms with Gasteiger partial charge in [0.15, 0.2) is 0 Å². The van der Waals surface area contributed by atoms with Crippen LogP contribution in [0.1, 0.15) is 0 Å². The average Bonchev–Trinajstić information content (AvgIpc) is 2.56. The third-order valence-electron chi connectivity index (χ3n) is 1.56. The summed E-state index contributed by atoms with van der Waals surface area (Å²) in [5.74, 6) is 0. The van der Waals surface area contributed by atoms with Gasteiger partial charge in [0.05, 0.1) is 5.02 Å². The van der Waals surface area contributed by atoms with Gasteiger partial charge in [-0.15, -0.1) is 0 Å². The number of halogens is 3. The Balaban J connectivity index is 2.55. The summed E-state index contributed by atoms with van der Waals surface area (Å²) < 4.78 is 4.80. The number of benzene rings is 1. The monoisotopic (exact) mass is 356 g/mol. The smallest absolute Gasteiger partial charge is 0.203 e. The molecule has 0 fully saturated rings. The molecule has 0 saturated heterocycles. The molecule has 2 rings (SSSR count). The molecule has 0 N–H and O–H groups in total. The minimum Gasteiger partial charge on any atom is -0.210 e. The summed E-state index contributed by atoms with van der Waals surface area (Å²) in [6, 6.07) is 5.30. The molecule has 2 aromatic rings. The maximum absolute atomic E-state index is 6.02. The summed E-state index contributed by atoms with van der Waals surface area (Å²) in [6.45, 7) is 0. The lowest BCUT2D eigenvalue weighted by Crippen LogP contribution is -1.79. The lowest BCUT2D eigenvalue weighted by atomic mass is 10.2. The molecule has 0 aliphatic carbocycles. The van der Waals surface area contributed by atoms with Crippen LogP contribution in [0.4, 0.5) is 0 Å². The van der Waals surface area contributed by atoms with Gasteiger partial charge in [-0.05, 0) is 29.7 Å². The van der Waals surface area contributed by atoms with E-state index in [-0.39, 0.29) is 0 Å². The largest absolute Gasteiger partial charge is 0.210 e. The van der Waals surface area contributed by atoms with E-state index in [0.29, 0.717) is 10.0 Å².